The fourth-order valence-electron chi connectivity index (χ4n) is 4.13. The van der Waals surface area contributed by atoms with Gasteiger partial charge in [-0.3, -0.25) is 4.98 Å². The average Bonchev–Trinajstić information content (AvgIpc) is 2.83. The second kappa shape index (κ2) is 17.7. The van der Waals surface area contributed by atoms with Gasteiger partial charge in [0.15, 0.2) is 0 Å². The van der Waals surface area contributed by atoms with Crippen molar-refractivity contribution in [1.29, 1.82) is 0 Å². The van der Waals surface area contributed by atoms with E-state index in [-0.39, 0.29) is 0 Å². The van der Waals surface area contributed by atoms with Crippen LogP contribution in [0.1, 0.15) is 114 Å². The molecule has 0 radical (unpaired) electrons. The van der Waals surface area contributed by atoms with Crippen molar-refractivity contribution in [2.75, 3.05) is 6.61 Å². The van der Waals surface area contributed by atoms with E-state index in [4.69, 9.17) is 9.72 Å². The molecule has 2 rings (SSSR count). The SMILES string of the molecule is CCCCCCCCCCc1ccc(CCc2ccc(OCCCCCCC)cc2)nc1. The van der Waals surface area contributed by atoms with Gasteiger partial charge in [0.2, 0.25) is 0 Å². The van der Waals surface area contributed by atoms with E-state index in [0.29, 0.717) is 0 Å². The summed E-state index contributed by atoms with van der Waals surface area (Å²) in [6, 6.07) is 13.1. The highest BCUT2D eigenvalue weighted by Crippen LogP contribution is 2.16. The van der Waals surface area contributed by atoms with Crippen LogP contribution in [-0.4, -0.2) is 11.6 Å². The van der Waals surface area contributed by atoms with Gasteiger partial charge in [0.05, 0.1) is 6.61 Å². The lowest BCUT2D eigenvalue weighted by Gasteiger charge is -2.08. The lowest BCUT2D eigenvalue weighted by atomic mass is 10.0. The zero-order valence-corrected chi connectivity index (χ0v) is 20.9. The van der Waals surface area contributed by atoms with Crippen LogP contribution in [0, 0.1) is 0 Å². The van der Waals surface area contributed by atoms with Crippen LogP contribution in [0.5, 0.6) is 5.75 Å². The summed E-state index contributed by atoms with van der Waals surface area (Å²) in [5, 5.41) is 0. The molecule has 2 aromatic rings. The minimum absolute atomic E-state index is 0.832. The lowest BCUT2D eigenvalue weighted by molar-refractivity contribution is 0.304. The predicted octanol–water partition coefficient (Wildman–Crippen LogP) is 8.90. The van der Waals surface area contributed by atoms with Crippen molar-refractivity contribution in [3.05, 3.63) is 59.4 Å². The number of pyridine rings is 1. The fraction of sp³-hybridized carbons (Fsp3) is 0.633. The summed E-state index contributed by atoms with van der Waals surface area (Å²) >= 11 is 0. The van der Waals surface area contributed by atoms with Crippen LogP contribution in [0.15, 0.2) is 42.6 Å². The van der Waals surface area contributed by atoms with Crippen LogP contribution in [0.25, 0.3) is 0 Å². The van der Waals surface area contributed by atoms with Gasteiger partial charge < -0.3 is 4.74 Å². The zero-order valence-electron chi connectivity index (χ0n) is 20.9. The van der Waals surface area contributed by atoms with Gasteiger partial charge in [0.25, 0.3) is 0 Å². The first-order valence-electron chi connectivity index (χ1n) is 13.5. The summed E-state index contributed by atoms with van der Waals surface area (Å²) in [6.45, 7) is 5.36. The van der Waals surface area contributed by atoms with Crippen molar-refractivity contribution in [3.63, 3.8) is 0 Å². The van der Waals surface area contributed by atoms with Crippen LogP contribution in [0.3, 0.4) is 0 Å². The van der Waals surface area contributed by atoms with E-state index in [1.807, 2.05) is 0 Å². The highest BCUT2D eigenvalue weighted by Gasteiger charge is 2.01. The quantitative estimate of drug-likeness (QED) is 0.205. The molecule has 0 saturated heterocycles. The van der Waals surface area contributed by atoms with Gasteiger partial charge in [-0.15, -0.1) is 0 Å². The molecule has 0 aliphatic rings. The van der Waals surface area contributed by atoms with Crippen LogP contribution >= 0.6 is 0 Å². The molecule has 0 N–H and O–H groups in total. The number of unbranched alkanes of at least 4 members (excludes halogenated alkanes) is 11. The van der Waals surface area contributed by atoms with Crippen molar-refractivity contribution in [1.82, 2.24) is 4.98 Å². The summed E-state index contributed by atoms with van der Waals surface area (Å²) < 4.78 is 5.87. The lowest BCUT2D eigenvalue weighted by Crippen LogP contribution is -1.98. The molecule has 0 saturated carbocycles. The third-order valence-electron chi connectivity index (χ3n) is 6.31. The maximum atomic E-state index is 5.87. The summed E-state index contributed by atoms with van der Waals surface area (Å²) in [5.41, 5.74) is 3.93. The van der Waals surface area contributed by atoms with Gasteiger partial charge in [0, 0.05) is 11.9 Å². The zero-order chi connectivity index (χ0) is 22.7. The Labute approximate surface area is 198 Å². The number of rotatable bonds is 19. The maximum absolute atomic E-state index is 5.87. The second-order valence-electron chi connectivity index (χ2n) is 9.29. The molecule has 2 heteroatoms. The smallest absolute Gasteiger partial charge is 0.119 e. The first-order valence-corrected chi connectivity index (χ1v) is 13.5. The molecule has 0 aliphatic carbocycles. The molecular formula is C30H47NO. The van der Waals surface area contributed by atoms with Crippen LogP contribution in [0.4, 0.5) is 0 Å². The molecule has 2 nitrogen and oxygen atoms in total. The Bertz CT molecular complexity index is 677. The molecule has 0 aliphatic heterocycles. The number of hydrogen-bond acceptors (Lipinski definition) is 2. The molecule has 1 aromatic heterocycles. The Morgan fingerprint density at radius 1 is 0.562 bits per heavy atom. The van der Waals surface area contributed by atoms with Crippen molar-refractivity contribution in [2.24, 2.45) is 0 Å². The van der Waals surface area contributed by atoms with Crippen LogP contribution in [-0.2, 0) is 19.3 Å². The average molecular weight is 438 g/mol. The first-order chi connectivity index (χ1) is 15.8. The highest BCUT2D eigenvalue weighted by atomic mass is 16.5. The molecule has 0 bridgehead atoms. The Morgan fingerprint density at radius 3 is 1.78 bits per heavy atom. The maximum Gasteiger partial charge on any atom is 0.119 e. The molecule has 0 atom stereocenters. The normalized spacial score (nSPS) is 11.1. The largest absolute Gasteiger partial charge is 0.494 e. The van der Waals surface area contributed by atoms with Crippen molar-refractivity contribution < 1.29 is 4.74 Å². The molecule has 1 heterocycles. The van der Waals surface area contributed by atoms with Gasteiger partial charge in [0.1, 0.15) is 5.75 Å². The summed E-state index contributed by atoms with van der Waals surface area (Å²) in [7, 11) is 0. The third kappa shape index (κ3) is 12.3. The van der Waals surface area contributed by atoms with Crippen molar-refractivity contribution in [3.8, 4) is 5.75 Å². The van der Waals surface area contributed by atoms with E-state index >= 15 is 0 Å². The Kier molecular flexibility index (Phi) is 14.6. The summed E-state index contributed by atoms with van der Waals surface area (Å²) in [5.74, 6) is 0.993. The summed E-state index contributed by atoms with van der Waals surface area (Å²) in [6.07, 6.45) is 22.7. The monoisotopic (exact) mass is 437 g/mol. The molecule has 178 valence electrons. The molecular weight excluding hydrogens is 390 g/mol. The van der Waals surface area contributed by atoms with E-state index in [1.54, 1.807) is 0 Å². The third-order valence-corrected chi connectivity index (χ3v) is 6.31. The van der Waals surface area contributed by atoms with Gasteiger partial charge in [-0.05, 0) is 61.4 Å². The highest BCUT2D eigenvalue weighted by molar-refractivity contribution is 5.28. The number of nitrogens with zero attached hydrogens (tertiary/aromatic N) is 1. The molecule has 0 unspecified atom stereocenters. The van der Waals surface area contributed by atoms with Crippen molar-refractivity contribution >= 4 is 0 Å². The van der Waals surface area contributed by atoms with E-state index in [1.165, 1.54) is 100 Å². The first kappa shape index (κ1) is 26.4. The number of hydrogen-bond donors (Lipinski definition) is 0. The molecule has 0 fully saturated rings. The van der Waals surface area contributed by atoms with Gasteiger partial charge >= 0.3 is 0 Å². The fourth-order valence-corrected chi connectivity index (χ4v) is 4.13. The topological polar surface area (TPSA) is 22.1 Å². The number of ether oxygens (including phenoxy) is 1. The predicted molar refractivity (Wildman–Crippen MR) is 139 cm³/mol. The van der Waals surface area contributed by atoms with E-state index < -0.39 is 0 Å². The second-order valence-corrected chi connectivity index (χ2v) is 9.29. The Balaban J connectivity index is 1.57. The Morgan fingerprint density at radius 2 is 1.16 bits per heavy atom. The molecule has 0 amide bonds. The Hall–Kier alpha value is -1.83. The number of aromatic nitrogens is 1. The van der Waals surface area contributed by atoms with E-state index in [0.717, 1.165) is 31.6 Å². The standard InChI is InChI=1S/C30H47NO/c1-3-5-7-9-10-11-12-14-16-28-18-22-29(31-26-28)21-17-27-19-23-30(24-20-27)32-25-15-13-8-6-4-2/h18-20,22-24,26H,3-17,21,25H2,1-2H3. The van der Waals surface area contributed by atoms with Gasteiger partial charge in [-0.25, -0.2) is 0 Å². The van der Waals surface area contributed by atoms with Gasteiger partial charge in [-0.2, -0.15) is 0 Å². The van der Waals surface area contributed by atoms with Crippen molar-refractivity contribution in [2.45, 2.75) is 117 Å². The molecule has 0 spiro atoms. The molecule has 32 heavy (non-hydrogen) atoms. The number of aryl methyl sites for hydroxylation is 3. The number of benzene rings is 1. The van der Waals surface area contributed by atoms with Crippen LogP contribution < -0.4 is 4.74 Å². The van der Waals surface area contributed by atoms with E-state index in [9.17, 15) is 0 Å². The summed E-state index contributed by atoms with van der Waals surface area (Å²) in [4.78, 5) is 4.71. The molecule has 1 aromatic carbocycles. The minimum Gasteiger partial charge on any atom is -0.494 e. The van der Waals surface area contributed by atoms with Crippen LogP contribution in [0.2, 0.25) is 0 Å². The van der Waals surface area contributed by atoms with E-state index in [2.05, 4.69) is 56.4 Å². The van der Waals surface area contributed by atoms with Gasteiger partial charge in [-0.1, -0.05) is 103 Å². The minimum atomic E-state index is 0.832.